The first kappa shape index (κ1) is 15.6. The van der Waals surface area contributed by atoms with Crippen LogP contribution in [0.5, 0.6) is 0 Å². The van der Waals surface area contributed by atoms with Crippen molar-refractivity contribution in [2.24, 2.45) is 5.92 Å². The third kappa shape index (κ3) is 4.34. The van der Waals surface area contributed by atoms with Crippen LogP contribution in [0.15, 0.2) is 0 Å². The van der Waals surface area contributed by atoms with Crippen LogP contribution in [-0.4, -0.2) is 18.1 Å². The Balaban J connectivity index is 2.74. The molecule has 1 rings (SSSR count). The smallest absolute Gasteiger partial charge is 0.122 e. The largest absolute Gasteiger partial charge is 0.371 e. The van der Waals surface area contributed by atoms with E-state index >= 15 is 0 Å². The van der Waals surface area contributed by atoms with Gasteiger partial charge < -0.3 is 10.1 Å². The van der Waals surface area contributed by atoms with Crippen LogP contribution in [0.1, 0.15) is 55.8 Å². The van der Waals surface area contributed by atoms with Crippen molar-refractivity contribution in [3.63, 3.8) is 0 Å². The standard InChI is InChI=1S/C14H26N2OS/c1-6-8-15-9-12-11(5)16-14(18-12)13(10(3)4)17-7-2/h10,13,15H,6-9H2,1-5H3. The lowest BCUT2D eigenvalue weighted by Crippen LogP contribution is -2.13. The van der Waals surface area contributed by atoms with Gasteiger partial charge >= 0.3 is 0 Å². The van der Waals surface area contributed by atoms with Crippen LogP contribution in [-0.2, 0) is 11.3 Å². The summed E-state index contributed by atoms with van der Waals surface area (Å²) in [6.45, 7) is 13.4. The molecule has 104 valence electrons. The van der Waals surface area contributed by atoms with Gasteiger partial charge in [-0.1, -0.05) is 20.8 Å². The van der Waals surface area contributed by atoms with Crippen molar-refractivity contribution in [3.05, 3.63) is 15.6 Å². The fourth-order valence-corrected chi connectivity index (χ4v) is 3.10. The fourth-order valence-electron chi connectivity index (χ4n) is 1.84. The number of nitrogens with one attached hydrogen (secondary N) is 1. The van der Waals surface area contributed by atoms with Gasteiger partial charge in [0.1, 0.15) is 11.1 Å². The molecule has 3 nitrogen and oxygen atoms in total. The average molecular weight is 270 g/mol. The first-order valence-electron chi connectivity index (χ1n) is 6.88. The summed E-state index contributed by atoms with van der Waals surface area (Å²) in [7, 11) is 0. The number of nitrogens with zero attached hydrogens (tertiary/aromatic N) is 1. The predicted octanol–water partition coefficient (Wildman–Crippen LogP) is 3.68. The number of ether oxygens (including phenoxy) is 1. The summed E-state index contributed by atoms with van der Waals surface area (Å²) in [5.41, 5.74) is 1.14. The molecule has 1 aromatic rings. The first-order chi connectivity index (χ1) is 8.60. The molecule has 0 aliphatic heterocycles. The SMILES string of the molecule is CCCNCc1sc(C(OCC)C(C)C)nc1C. The Morgan fingerprint density at radius 2 is 2.06 bits per heavy atom. The molecule has 1 aromatic heterocycles. The zero-order chi connectivity index (χ0) is 13.5. The summed E-state index contributed by atoms with van der Waals surface area (Å²) in [6, 6.07) is 0. The zero-order valence-electron chi connectivity index (χ0n) is 12.2. The van der Waals surface area contributed by atoms with Crippen molar-refractivity contribution in [1.82, 2.24) is 10.3 Å². The Hall–Kier alpha value is -0.450. The lowest BCUT2D eigenvalue weighted by atomic mass is 10.1. The van der Waals surface area contributed by atoms with E-state index in [4.69, 9.17) is 4.74 Å². The van der Waals surface area contributed by atoms with Crippen LogP contribution >= 0.6 is 11.3 Å². The quantitative estimate of drug-likeness (QED) is 0.732. The van der Waals surface area contributed by atoms with E-state index < -0.39 is 0 Å². The minimum Gasteiger partial charge on any atom is -0.371 e. The van der Waals surface area contributed by atoms with Gasteiger partial charge in [0.05, 0.1) is 5.69 Å². The summed E-state index contributed by atoms with van der Waals surface area (Å²) in [4.78, 5) is 6.02. The summed E-state index contributed by atoms with van der Waals surface area (Å²) in [6.07, 6.45) is 1.30. The first-order valence-corrected chi connectivity index (χ1v) is 7.70. The number of aromatic nitrogens is 1. The van der Waals surface area contributed by atoms with Gasteiger partial charge in [-0.25, -0.2) is 4.98 Å². The molecule has 1 heterocycles. The molecule has 0 saturated heterocycles. The molecule has 1 N–H and O–H groups in total. The molecule has 4 heteroatoms. The summed E-state index contributed by atoms with van der Waals surface area (Å²) in [5, 5.41) is 4.56. The van der Waals surface area contributed by atoms with Gasteiger partial charge in [0, 0.05) is 18.0 Å². The maximum Gasteiger partial charge on any atom is 0.122 e. The zero-order valence-corrected chi connectivity index (χ0v) is 13.1. The molecule has 0 aliphatic carbocycles. The lowest BCUT2D eigenvalue weighted by molar-refractivity contribution is 0.0292. The number of rotatable bonds is 8. The molecule has 0 bridgehead atoms. The highest BCUT2D eigenvalue weighted by molar-refractivity contribution is 7.11. The molecule has 0 radical (unpaired) electrons. The molecule has 0 saturated carbocycles. The molecule has 1 atom stereocenters. The van der Waals surface area contributed by atoms with E-state index in [0.717, 1.165) is 36.8 Å². The van der Waals surface area contributed by atoms with Crippen LogP contribution in [0.2, 0.25) is 0 Å². The second-order valence-corrected chi connectivity index (χ2v) is 5.97. The van der Waals surface area contributed by atoms with Crippen LogP contribution in [0.4, 0.5) is 0 Å². The minimum atomic E-state index is 0.138. The molecule has 1 unspecified atom stereocenters. The fraction of sp³-hybridized carbons (Fsp3) is 0.786. The number of aryl methyl sites for hydroxylation is 1. The molecular weight excluding hydrogens is 244 g/mol. The Kier molecular flexibility index (Phi) is 6.82. The van der Waals surface area contributed by atoms with Crippen molar-refractivity contribution in [2.75, 3.05) is 13.2 Å². The van der Waals surface area contributed by atoms with Crippen LogP contribution in [0, 0.1) is 12.8 Å². The minimum absolute atomic E-state index is 0.138. The predicted molar refractivity (Wildman–Crippen MR) is 78.1 cm³/mol. The molecule has 0 aliphatic rings. The number of hydrogen-bond acceptors (Lipinski definition) is 4. The number of thiazole rings is 1. The summed E-state index contributed by atoms with van der Waals surface area (Å²) < 4.78 is 5.81. The Labute approximate surface area is 115 Å². The van der Waals surface area contributed by atoms with E-state index in [1.807, 2.05) is 6.92 Å². The van der Waals surface area contributed by atoms with Gasteiger partial charge in [-0.2, -0.15) is 0 Å². The maximum absolute atomic E-state index is 5.81. The second kappa shape index (κ2) is 7.87. The van der Waals surface area contributed by atoms with Crippen molar-refractivity contribution in [2.45, 2.75) is 53.7 Å². The third-order valence-electron chi connectivity index (χ3n) is 2.82. The normalized spacial score (nSPS) is 13.2. The summed E-state index contributed by atoms with van der Waals surface area (Å²) >= 11 is 1.79. The second-order valence-electron chi connectivity index (χ2n) is 4.86. The molecule has 0 amide bonds. The van der Waals surface area contributed by atoms with Gasteiger partial charge in [0.2, 0.25) is 0 Å². The molecular formula is C14H26N2OS. The topological polar surface area (TPSA) is 34.1 Å². The Bertz CT molecular complexity index is 350. The Morgan fingerprint density at radius 1 is 1.33 bits per heavy atom. The van der Waals surface area contributed by atoms with Gasteiger partial charge in [0.25, 0.3) is 0 Å². The van der Waals surface area contributed by atoms with Crippen LogP contribution in [0.3, 0.4) is 0 Å². The van der Waals surface area contributed by atoms with Crippen molar-refractivity contribution in [3.8, 4) is 0 Å². The Morgan fingerprint density at radius 3 is 2.61 bits per heavy atom. The van der Waals surface area contributed by atoms with E-state index in [2.05, 4.69) is 38.0 Å². The highest BCUT2D eigenvalue weighted by atomic mass is 32.1. The van der Waals surface area contributed by atoms with E-state index in [-0.39, 0.29) is 6.10 Å². The van der Waals surface area contributed by atoms with E-state index in [1.165, 1.54) is 4.88 Å². The van der Waals surface area contributed by atoms with Crippen molar-refractivity contribution < 1.29 is 4.74 Å². The van der Waals surface area contributed by atoms with Crippen molar-refractivity contribution >= 4 is 11.3 Å². The molecule has 0 aromatic carbocycles. The summed E-state index contributed by atoms with van der Waals surface area (Å²) in [5.74, 6) is 0.465. The van der Waals surface area contributed by atoms with Gasteiger partial charge in [-0.15, -0.1) is 11.3 Å². The highest BCUT2D eigenvalue weighted by Gasteiger charge is 2.21. The molecule has 0 spiro atoms. The maximum atomic E-state index is 5.81. The van der Waals surface area contributed by atoms with E-state index in [1.54, 1.807) is 11.3 Å². The lowest BCUT2D eigenvalue weighted by Gasteiger charge is -2.18. The van der Waals surface area contributed by atoms with Gasteiger partial charge in [0.15, 0.2) is 0 Å². The third-order valence-corrected chi connectivity index (χ3v) is 4.04. The van der Waals surface area contributed by atoms with Crippen LogP contribution < -0.4 is 5.32 Å². The average Bonchev–Trinajstić information content (AvgIpc) is 2.67. The van der Waals surface area contributed by atoms with Gasteiger partial charge in [-0.3, -0.25) is 0 Å². The molecule has 0 fully saturated rings. The van der Waals surface area contributed by atoms with Crippen molar-refractivity contribution in [1.29, 1.82) is 0 Å². The number of hydrogen-bond donors (Lipinski definition) is 1. The van der Waals surface area contributed by atoms with Crippen LogP contribution in [0.25, 0.3) is 0 Å². The van der Waals surface area contributed by atoms with E-state index in [9.17, 15) is 0 Å². The highest BCUT2D eigenvalue weighted by Crippen LogP contribution is 2.31. The van der Waals surface area contributed by atoms with E-state index in [0.29, 0.717) is 5.92 Å². The van der Waals surface area contributed by atoms with Gasteiger partial charge in [-0.05, 0) is 32.7 Å². The monoisotopic (exact) mass is 270 g/mol. The molecule has 18 heavy (non-hydrogen) atoms.